The summed E-state index contributed by atoms with van der Waals surface area (Å²) in [6.45, 7) is 1.83. The maximum absolute atomic E-state index is 12.0. The Morgan fingerprint density at radius 2 is 1.90 bits per heavy atom. The smallest absolute Gasteiger partial charge is 0.236 e. The molecule has 0 aliphatic carbocycles. The highest BCUT2D eigenvalue weighted by molar-refractivity contribution is 7.91. The second kappa shape index (κ2) is 5.72. The molecular weight excluding hydrogens is 274 g/mol. The standard InChI is InChI=1S/C14H13N3O2S/c1-11-2-7-14(9-16-11)17-20(18,19)10-13-5-3-12(8-15)4-6-13/h2-7,9,17H,10H2,1H3. The molecule has 0 amide bonds. The van der Waals surface area contributed by atoms with Gasteiger partial charge in [-0.2, -0.15) is 5.26 Å². The second-order valence-electron chi connectivity index (χ2n) is 4.36. The lowest BCUT2D eigenvalue weighted by Gasteiger charge is -2.08. The van der Waals surface area contributed by atoms with Gasteiger partial charge in [-0.25, -0.2) is 8.42 Å². The molecule has 0 fully saturated rings. The number of nitrogens with zero attached hydrogens (tertiary/aromatic N) is 2. The summed E-state index contributed by atoms with van der Waals surface area (Å²) in [5.41, 5.74) is 2.38. The van der Waals surface area contributed by atoms with Crippen LogP contribution in [0.25, 0.3) is 0 Å². The SMILES string of the molecule is Cc1ccc(NS(=O)(=O)Cc2ccc(C#N)cc2)cn1. The second-order valence-corrected chi connectivity index (χ2v) is 6.08. The van der Waals surface area contributed by atoms with E-state index in [0.29, 0.717) is 16.8 Å². The molecule has 0 aliphatic heterocycles. The number of benzene rings is 1. The van der Waals surface area contributed by atoms with E-state index in [1.54, 1.807) is 36.4 Å². The first-order chi connectivity index (χ1) is 9.48. The Kier molecular flexibility index (Phi) is 4.01. The third-order valence-electron chi connectivity index (χ3n) is 2.62. The molecule has 0 atom stereocenters. The van der Waals surface area contributed by atoms with E-state index in [1.165, 1.54) is 6.20 Å². The highest BCUT2D eigenvalue weighted by atomic mass is 32.2. The maximum atomic E-state index is 12.0. The van der Waals surface area contributed by atoms with Crippen LogP contribution in [0.4, 0.5) is 5.69 Å². The minimum Gasteiger partial charge on any atom is -0.282 e. The largest absolute Gasteiger partial charge is 0.282 e. The number of sulfonamides is 1. The Hall–Kier alpha value is -2.39. The Morgan fingerprint density at radius 1 is 1.20 bits per heavy atom. The zero-order chi connectivity index (χ0) is 14.6. The topological polar surface area (TPSA) is 82.9 Å². The van der Waals surface area contributed by atoms with Crippen molar-refractivity contribution >= 4 is 15.7 Å². The first-order valence-corrected chi connectivity index (χ1v) is 7.56. The molecule has 0 aliphatic rings. The van der Waals surface area contributed by atoms with Gasteiger partial charge >= 0.3 is 0 Å². The van der Waals surface area contributed by atoms with Crippen molar-refractivity contribution in [2.45, 2.75) is 12.7 Å². The van der Waals surface area contributed by atoms with Gasteiger partial charge in [0.1, 0.15) is 0 Å². The Balaban J connectivity index is 2.10. The Labute approximate surface area is 118 Å². The first-order valence-electron chi connectivity index (χ1n) is 5.91. The highest BCUT2D eigenvalue weighted by Gasteiger charge is 2.11. The Bertz CT molecular complexity index is 729. The monoisotopic (exact) mass is 287 g/mol. The van der Waals surface area contributed by atoms with Gasteiger partial charge in [-0.15, -0.1) is 0 Å². The molecule has 0 bridgehead atoms. The van der Waals surface area contributed by atoms with Crippen LogP contribution in [0.2, 0.25) is 0 Å². The molecule has 1 aromatic carbocycles. The predicted octanol–water partition coefficient (Wildman–Crippen LogP) is 2.20. The van der Waals surface area contributed by atoms with Crippen LogP contribution in [-0.4, -0.2) is 13.4 Å². The molecule has 0 radical (unpaired) electrons. The molecule has 5 nitrogen and oxygen atoms in total. The van der Waals surface area contributed by atoms with E-state index in [9.17, 15) is 8.42 Å². The number of rotatable bonds is 4. The third kappa shape index (κ3) is 3.80. The summed E-state index contributed by atoms with van der Waals surface area (Å²) in [5.74, 6) is -0.146. The normalized spacial score (nSPS) is 10.8. The van der Waals surface area contributed by atoms with Gasteiger partial charge in [-0.1, -0.05) is 12.1 Å². The van der Waals surface area contributed by atoms with Crippen molar-refractivity contribution in [3.8, 4) is 6.07 Å². The molecule has 0 spiro atoms. The number of hydrogen-bond acceptors (Lipinski definition) is 4. The van der Waals surface area contributed by atoms with Crippen LogP contribution < -0.4 is 4.72 Å². The molecule has 2 rings (SSSR count). The van der Waals surface area contributed by atoms with E-state index in [-0.39, 0.29) is 5.75 Å². The number of pyridine rings is 1. The number of aromatic nitrogens is 1. The number of nitriles is 1. The average molecular weight is 287 g/mol. The van der Waals surface area contributed by atoms with Crippen molar-refractivity contribution in [3.63, 3.8) is 0 Å². The molecule has 102 valence electrons. The lowest BCUT2D eigenvalue weighted by Crippen LogP contribution is -2.15. The van der Waals surface area contributed by atoms with Gasteiger partial charge in [0.2, 0.25) is 10.0 Å². The minimum atomic E-state index is -3.49. The van der Waals surface area contributed by atoms with Crippen molar-refractivity contribution in [2.75, 3.05) is 4.72 Å². The molecule has 0 saturated heterocycles. The van der Waals surface area contributed by atoms with Crippen molar-refractivity contribution in [2.24, 2.45) is 0 Å². The lowest BCUT2D eigenvalue weighted by atomic mass is 10.2. The van der Waals surface area contributed by atoms with Gasteiger partial charge in [0.05, 0.1) is 29.3 Å². The van der Waals surface area contributed by atoms with Crippen molar-refractivity contribution in [1.29, 1.82) is 5.26 Å². The van der Waals surface area contributed by atoms with E-state index in [0.717, 1.165) is 5.69 Å². The first kappa shape index (κ1) is 14.0. The van der Waals surface area contributed by atoms with Crippen LogP contribution in [0.5, 0.6) is 0 Å². The maximum Gasteiger partial charge on any atom is 0.236 e. The van der Waals surface area contributed by atoms with Gasteiger partial charge in [0.15, 0.2) is 0 Å². The minimum absolute atomic E-state index is 0.146. The quantitative estimate of drug-likeness (QED) is 0.934. The molecule has 1 N–H and O–H groups in total. The van der Waals surface area contributed by atoms with Gasteiger partial charge in [-0.3, -0.25) is 9.71 Å². The molecule has 0 saturated carbocycles. The van der Waals surface area contributed by atoms with Gasteiger partial charge in [-0.05, 0) is 36.8 Å². The highest BCUT2D eigenvalue weighted by Crippen LogP contribution is 2.12. The van der Waals surface area contributed by atoms with Gasteiger partial charge in [0.25, 0.3) is 0 Å². The summed E-state index contributed by atoms with van der Waals surface area (Å²) < 4.78 is 26.5. The molecule has 1 heterocycles. The summed E-state index contributed by atoms with van der Waals surface area (Å²) in [7, 11) is -3.49. The van der Waals surface area contributed by atoms with Crippen molar-refractivity contribution < 1.29 is 8.42 Å². The van der Waals surface area contributed by atoms with E-state index in [4.69, 9.17) is 5.26 Å². The van der Waals surface area contributed by atoms with Crippen LogP contribution in [-0.2, 0) is 15.8 Å². The third-order valence-corrected chi connectivity index (χ3v) is 3.88. The molecule has 20 heavy (non-hydrogen) atoms. The molecule has 6 heteroatoms. The van der Waals surface area contributed by atoms with Crippen molar-refractivity contribution in [1.82, 2.24) is 4.98 Å². The van der Waals surface area contributed by atoms with E-state index in [2.05, 4.69) is 9.71 Å². The fourth-order valence-electron chi connectivity index (χ4n) is 1.64. The van der Waals surface area contributed by atoms with Crippen LogP contribution in [0.15, 0.2) is 42.6 Å². The summed E-state index contributed by atoms with van der Waals surface area (Å²) >= 11 is 0. The van der Waals surface area contributed by atoms with E-state index in [1.807, 2.05) is 13.0 Å². The zero-order valence-corrected chi connectivity index (χ0v) is 11.7. The summed E-state index contributed by atoms with van der Waals surface area (Å²) in [4.78, 5) is 4.03. The van der Waals surface area contributed by atoms with Crippen LogP contribution in [0.3, 0.4) is 0 Å². The summed E-state index contributed by atoms with van der Waals surface area (Å²) in [6.07, 6.45) is 1.48. The molecule has 1 aromatic heterocycles. The van der Waals surface area contributed by atoms with Crippen LogP contribution in [0.1, 0.15) is 16.8 Å². The molecule has 0 unspecified atom stereocenters. The van der Waals surface area contributed by atoms with Gasteiger partial charge in [0, 0.05) is 5.69 Å². The average Bonchev–Trinajstić information content (AvgIpc) is 2.41. The van der Waals surface area contributed by atoms with E-state index >= 15 is 0 Å². The molecule has 2 aromatic rings. The van der Waals surface area contributed by atoms with Gasteiger partial charge < -0.3 is 0 Å². The van der Waals surface area contributed by atoms with Crippen LogP contribution >= 0.6 is 0 Å². The number of nitrogens with one attached hydrogen (secondary N) is 1. The molecular formula is C14H13N3O2S. The lowest BCUT2D eigenvalue weighted by molar-refractivity contribution is 0.600. The number of hydrogen-bond donors (Lipinski definition) is 1. The summed E-state index contributed by atoms with van der Waals surface area (Å²) in [6, 6.07) is 11.8. The van der Waals surface area contributed by atoms with Crippen LogP contribution in [0, 0.1) is 18.3 Å². The Morgan fingerprint density at radius 3 is 2.45 bits per heavy atom. The van der Waals surface area contributed by atoms with Crippen molar-refractivity contribution in [3.05, 3.63) is 59.4 Å². The number of aryl methyl sites for hydroxylation is 1. The fourth-order valence-corrected chi connectivity index (χ4v) is 2.82. The van der Waals surface area contributed by atoms with E-state index < -0.39 is 10.0 Å². The predicted molar refractivity (Wildman–Crippen MR) is 76.4 cm³/mol. The number of anilines is 1. The zero-order valence-electron chi connectivity index (χ0n) is 10.9. The summed E-state index contributed by atoms with van der Waals surface area (Å²) in [5, 5.41) is 8.69. The fraction of sp³-hybridized carbons (Fsp3) is 0.143.